The second-order valence-corrected chi connectivity index (χ2v) is 4.78. The number of aryl methyl sites for hydroxylation is 2. The number of nitrogens with one attached hydrogen (secondary N) is 1. The van der Waals surface area contributed by atoms with Gasteiger partial charge in [0.05, 0.1) is 17.4 Å². The van der Waals surface area contributed by atoms with Crippen molar-refractivity contribution >= 4 is 5.91 Å². The molecule has 1 atom stereocenters. The Labute approximate surface area is 101 Å². The summed E-state index contributed by atoms with van der Waals surface area (Å²) < 4.78 is 1.70. The summed E-state index contributed by atoms with van der Waals surface area (Å²) >= 11 is 0. The topological polar surface area (TPSA) is 67.2 Å². The molecule has 1 unspecified atom stereocenters. The van der Waals surface area contributed by atoms with Gasteiger partial charge in [-0.2, -0.15) is 5.10 Å². The summed E-state index contributed by atoms with van der Waals surface area (Å²) in [6, 6.07) is 0. The highest BCUT2D eigenvalue weighted by molar-refractivity contribution is 5.96. The zero-order valence-electron chi connectivity index (χ0n) is 10.5. The first-order chi connectivity index (χ1) is 8.00. The smallest absolute Gasteiger partial charge is 0.255 e. The highest BCUT2D eigenvalue weighted by atomic mass is 16.3. The summed E-state index contributed by atoms with van der Waals surface area (Å²) in [7, 11) is 1.82. The number of aliphatic hydroxyl groups is 1. The normalized spacial score (nSPS) is 16.9. The third-order valence-corrected chi connectivity index (χ3v) is 3.37. The second kappa shape index (κ2) is 4.49. The van der Waals surface area contributed by atoms with Gasteiger partial charge in [-0.3, -0.25) is 9.48 Å². The van der Waals surface area contributed by atoms with Crippen LogP contribution >= 0.6 is 0 Å². The number of amides is 1. The van der Waals surface area contributed by atoms with Gasteiger partial charge in [-0.15, -0.1) is 0 Å². The van der Waals surface area contributed by atoms with Crippen LogP contribution in [0.15, 0.2) is 0 Å². The van der Waals surface area contributed by atoms with Crippen LogP contribution in [0.5, 0.6) is 0 Å². The highest BCUT2D eigenvalue weighted by Gasteiger charge is 2.30. The van der Waals surface area contributed by atoms with Crippen LogP contribution in [0.2, 0.25) is 0 Å². The maximum absolute atomic E-state index is 12.0. The van der Waals surface area contributed by atoms with Crippen molar-refractivity contribution in [1.29, 1.82) is 0 Å². The van der Waals surface area contributed by atoms with Gasteiger partial charge in [0.1, 0.15) is 0 Å². The molecule has 2 N–H and O–H groups in total. The van der Waals surface area contributed by atoms with Gasteiger partial charge < -0.3 is 10.4 Å². The van der Waals surface area contributed by atoms with Crippen LogP contribution in [-0.4, -0.2) is 33.4 Å². The lowest BCUT2D eigenvalue weighted by Gasteiger charge is -2.10. The van der Waals surface area contributed by atoms with Crippen molar-refractivity contribution in [2.75, 3.05) is 6.54 Å². The van der Waals surface area contributed by atoms with Crippen molar-refractivity contribution in [2.24, 2.45) is 13.0 Å². The molecule has 0 aliphatic heterocycles. The van der Waals surface area contributed by atoms with E-state index in [1.54, 1.807) is 4.68 Å². The van der Waals surface area contributed by atoms with Crippen LogP contribution < -0.4 is 5.32 Å². The average molecular weight is 237 g/mol. The van der Waals surface area contributed by atoms with E-state index in [0.717, 1.165) is 24.2 Å². The largest absolute Gasteiger partial charge is 0.391 e. The van der Waals surface area contributed by atoms with Crippen molar-refractivity contribution in [3.63, 3.8) is 0 Å². The average Bonchev–Trinajstić information content (AvgIpc) is 3.06. The van der Waals surface area contributed by atoms with E-state index in [9.17, 15) is 9.90 Å². The number of aromatic nitrogens is 2. The van der Waals surface area contributed by atoms with E-state index in [1.807, 2.05) is 20.9 Å². The van der Waals surface area contributed by atoms with Crippen LogP contribution in [0.25, 0.3) is 0 Å². The minimum atomic E-state index is -0.406. The van der Waals surface area contributed by atoms with Crippen LogP contribution in [0.3, 0.4) is 0 Å². The number of carbonyl (C=O) groups is 1. The molecule has 1 saturated carbocycles. The lowest BCUT2D eigenvalue weighted by Crippen LogP contribution is -2.33. The summed E-state index contributed by atoms with van der Waals surface area (Å²) in [5.74, 6) is 0.235. The molecule has 1 fully saturated rings. The molecule has 0 bridgehead atoms. The second-order valence-electron chi connectivity index (χ2n) is 4.78. The van der Waals surface area contributed by atoms with Gasteiger partial charge >= 0.3 is 0 Å². The summed E-state index contributed by atoms with van der Waals surface area (Å²) in [5.41, 5.74) is 2.19. The molecule has 1 aromatic heterocycles. The molecule has 0 aromatic carbocycles. The van der Waals surface area contributed by atoms with Gasteiger partial charge in [-0.05, 0) is 32.6 Å². The third-order valence-electron chi connectivity index (χ3n) is 3.37. The molecule has 2 rings (SSSR count). The Balaban J connectivity index is 1.99. The van der Waals surface area contributed by atoms with Crippen molar-refractivity contribution in [3.05, 3.63) is 17.0 Å². The quantitative estimate of drug-likeness (QED) is 0.803. The minimum Gasteiger partial charge on any atom is -0.391 e. The lowest BCUT2D eigenvalue weighted by molar-refractivity contribution is 0.0900. The molecule has 0 spiro atoms. The molecule has 5 heteroatoms. The Morgan fingerprint density at radius 1 is 1.59 bits per heavy atom. The highest BCUT2D eigenvalue weighted by Crippen LogP contribution is 2.32. The zero-order valence-corrected chi connectivity index (χ0v) is 10.5. The molecular weight excluding hydrogens is 218 g/mol. The van der Waals surface area contributed by atoms with Crippen molar-refractivity contribution in [2.45, 2.75) is 32.8 Å². The van der Waals surface area contributed by atoms with Crippen molar-refractivity contribution in [3.8, 4) is 0 Å². The van der Waals surface area contributed by atoms with E-state index in [-0.39, 0.29) is 5.91 Å². The fourth-order valence-corrected chi connectivity index (χ4v) is 2.04. The van der Waals surface area contributed by atoms with E-state index in [2.05, 4.69) is 10.4 Å². The number of hydrogen-bond acceptors (Lipinski definition) is 3. The summed E-state index contributed by atoms with van der Waals surface area (Å²) in [5, 5.41) is 16.7. The Hall–Kier alpha value is -1.36. The predicted octanol–water partition coefficient (Wildman–Crippen LogP) is 0.538. The van der Waals surface area contributed by atoms with Gasteiger partial charge in [0.15, 0.2) is 0 Å². The predicted molar refractivity (Wildman–Crippen MR) is 63.7 cm³/mol. The van der Waals surface area contributed by atoms with Gasteiger partial charge in [-0.1, -0.05) is 0 Å². The summed E-state index contributed by atoms with van der Waals surface area (Å²) in [4.78, 5) is 12.0. The molecule has 0 radical (unpaired) electrons. The number of carbonyl (C=O) groups excluding carboxylic acids is 1. The summed E-state index contributed by atoms with van der Waals surface area (Å²) in [6.45, 7) is 4.02. The van der Waals surface area contributed by atoms with Crippen LogP contribution in [0.1, 0.15) is 34.6 Å². The fourth-order valence-electron chi connectivity index (χ4n) is 2.04. The van der Waals surface area contributed by atoms with Crippen LogP contribution in [-0.2, 0) is 7.05 Å². The third kappa shape index (κ3) is 2.49. The van der Waals surface area contributed by atoms with Crippen LogP contribution in [0.4, 0.5) is 0 Å². The minimum absolute atomic E-state index is 0.146. The molecule has 1 amide bonds. The van der Waals surface area contributed by atoms with Gasteiger partial charge in [0.2, 0.25) is 0 Å². The van der Waals surface area contributed by atoms with Gasteiger partial charge in [0.25, 0.3) is 5.91 Å². The Morgan fingerprint density at radius 3 is 2.71 bits per heavy atom. The van der Waals surface area contributed by atoms with E-state index in [0.29, 0.717) is 18.0 Å². The van der Waals surface area contributed by atoms with Crippen molar-refractivity contribution < 1.29 is 9.90 Å². The molecule has 1 aromatic rings. The van der Waals surface area contributed by atoms with Crippen LogP contribution in [0, 0.1) is 19.8 Å². The molecular formula is C12H19N3O2. The van der Waals surface area contributed by atoms with Gasteiger partial charge in [0, 0.05) is 19.3 Å². The van der Waals surface area contributed by atoms with Crippen molar-refractivity contribution in [1.82, 2.24) is 15.1 Å². The monoisotopic (exact) mass is 237 g/mol. The first-order valence-corrected chi connectivity index (χ1v) is 5.97. The Morgan fingerprint density at radius 2 is 2.24 bits per heavy atom. The number of rotatable bonds is 4. The molecule has 1 aliphatic rings. The zero-order chi connectivity index (χ0) is 12.6. The maximum atomic E-state index is 12.0. The number of aliphatic hydroxyl groups excluding tert-OH is 1. The van der Waals surface area contributed by atoms with E-state index >= 15 is 0 Å². The first kappa shape index (κ1) is 12.1. The Kier molecular flexibility index (Phi) is 3.19. The molecule has 94 valence electrons. The number of hydrogen-bond donors (Lipinski definition) is 2. The van der Waals surface area contributed by atoms with E-state index in [1.165, 1.54) is 0 Å². The maximum Gasteiger partial charge on any atom is 0.255 e. The Bertz CT molecular complexity index is 435. The van der Waals surface area contributed by atoms with Gasteiger partial charge in [-0.25, -0.2) is 0 Å². The molecule has 0 saturated heterocycles. The van der Waals surface area contributed by atoms with E-state index < -0.39 is 6.10 Å². The number of nitrogens with zero attached hydrogens (tertiary/aromatic N) is 2. The lowest BCUT2D eigenvalue weighted by atomic mass is 10.1. The summed E-state index contributed by atoms with van der Waals surface area (Å²) in [6.07, 6.45) is 1.74. The molecule has 17 heavy (non-hydrogen) atoms. The molecule has 1 heterocycles. The molecule has 1 aliphatic carbocycles. The first-order valence-electron chi connectivity index (χ1n) is 5.97. The SMILES string of the molecule is Cc1nn(C)c(C)c1C(=O)NCC(O)C1CC1. The standard InChI is InChI=1S/C12H19N3O2/c1-7-11(8(2)15(3)14-7)12(17)13-6-10(16)9-4-5-9/h9-10,16H,4-6H2,1-3H3,(H,13,17). The fraction of sp³-hybridized carbons (Fsp3) is 0.667. The van der Waals surface area contributed by atoms with E-state index in [4.69, 9.17) is 0 Å². The molecule has 5 nitrogen and oxygen atoms in total.